The Labute approximate surface area is 196 Å². The smallest absolute Gasteiger partial charge is 0.262 e. The Morgan fingerprint density at radius 1 is 1.03 bits per heavy atom. The first-order chi connectivity index (χ1) is 15.7. The van der Waals surface area contributed by atoms with Gasteiger partial charge in [-0.3, -0.25) is 23.9 Å². The number of anilines is 1. The average molecular weight is 468 g/mol. The number of aromatic nitrogens is 2. The lowest BCUT2D eigenvalue weighted by Gasteiger charge is -2.34. The van der Waals surface area contributed by atoms with Gasteiger partial charge in [-0.1, -0.05) is 18.2 Å². The quantitative estimate of drug-likeness (QED) is 0.623. The molecule has 1 N–H and O–H groups in total. The van der Waals surface area contributed by atoms with E-state index in [9.17, 15) is 14.4 Å². The summed E-state index contributed by atoms with van der Waals surface area (Å²) in [6.45, 7) is 10.4. The van der Waals surface area contributed by atoms with Crippen LogP contribution in [0, 0.1) is 27.7 Å². The number of carbonyl (C=O) groups excluding carboxylic acids is 2. The summed E-state index contributed by atoms with van der Waals surface area (Å²) in [5.74, 6) is -0.165. The van der Waals surface area contributed by atoms with E-state index in [4.69, 9.17) is 0 Å². The zero-order chi connectivity index (χ0) is 23.7. The molecule has 1 aromatic carbocycles. The fourth-order valence-corrected chi connectivity index (χ4v) is 5.16. The van der Waals surface area contributed by atoms with Gasteiger partial charge in [0.15, 0.2) is 0 Å². The van der Waals surface area contributed by atoms with E-state index in [1.54, 1.807) is 4.90 Å². The maximum Gasteiger partial charge on any atom is 0.262 e. The molecule has 1 aliphatic heterocycles. The zero-order valence-corrected chi connectivity index (χ0v) is 20.3. The number of hydrogen-bond donors (Lipinski definition) is 1. The summed E-state index contributed by atoms with van der Waals surface area (Å²) in [6.07, 6.45) is 1.46. The van der Waals surface area contributed by atoms with Crippen molar-refractivity contribution in [1.82, 2.24) is 19.4 Å². The lowest BCUT2D eigenvalue weighted by atomic mass is 10.1. The average Bonchev–Trinajstić information content (AvgIpc) is 3.07. The van der Waals surface area contributed by atoms with E-state index in [1.807, 2.05) is 50.8 Å². The molecule has 3 aromatic rings. The van der Waals surface area contributed by atoms with Gasteiger partial charge in [-0.15, -0.1) is 11.3 Å². The number of carbonyl (C=O) groups is 2. The third-order valence-electron chi connectivity index (χ3n) is 6.30. The number of benzene rings is 1. The number of fused-ring (bicyclic) bond motifs is 1. The molecule has 0 atom stereocenters. The fourth-order valence-electron chi connectivity index (χ4n) is 4.18. The molecule has 8 nitrogen and oxygen atoms in total. The van der Waals surface area contributed by atoms with Gasteiger partial charge >= 0.3 is 0 Å². The number of para-hydroxylation sites is 1. The van der Waals surface area contributed by atoms with Crippen LogP contribution in [0.5, 0.6) is 0 Å². The Morgan fingerprint density at radius 2 is 1.70 bits per heavy atom. The van der Waals surface area contributed by atoms with Crippen molar-refractivity contribution >= 4 is 39.1 Å². The number of aryl methyl sites for hydroxylation is 4. The second-order valence-corrected chi connectivity index (χ2v) is 9.82. The number of nitrogens with one attached hydrogen (secondary N) is 1. The van der Waals surface area contributed by atoms with Crippen molar-refractivity contribution in [2.45, 2.75) is 34.2 Å². The van der Waals surface area contributed by atoms with Crippen LogP contribution in [0.15, 0.2) is 29.3 Å². The summed E-state index contributed by atoms with van der Waals surface area (Å²) in [5, 5.41) is 3.62. The first kappa shape index (κ1) is 23.1. The molecule has 0 radical (unpaired) electrons. The van der Waals surface area contributed by atoms with Gasteiger partial charge in [0, 0.05) is 36.7 Å². The Morgan fingerprint density at radius 3 is 2.36 bits per heavy atom. The molecule has 9 heteroatoms. The molecule has 1 fully saturated rings. The van der Waals surface area contributed by atoms with E-state index >= 15 is 0 Å². The number of rotatable bonds is 5. The lowest BCUT2D eigenvalue weighted by molar-refractivity contribution is -0.133. The molecule has 0 spiro atoms. The standard InChI is InChI=1S/C24H29N5O3S/c1-15-6-5-7-16(2)22(15)26-19(30)12-27-8-10-28(11-9-27)20(31)13-29-14-25-23-21(24(29)32)17(3)18(4)33-23/h5-7,14H,8-13H2,1-4H3,(H,26,30). The number of amides is 2. The van der Waals surface area contributed by atoms with Gasteiger partial charge in [0.2, 0.25) is 11.8 Å². The summed E-state index contributed by atoms with van der Waals surface area (Å²) in [6, 6.07) is 5.93. The molecule has 3 heterocycles. The Balaban J connectivity index is 1.32. The van der Waals surface area contributed by atoms with Crippen LogP contribution in [0.25, 0.3) is 10.2 Å². The molecular formula is C24H29N5O3S. The summed E-state index contributed by atoms with van der Waals surface area (Å²) >= 11 is 1.50. The van der Waals surface area contributed by atoms with Crippen molar-refractivity contribution in [3.8, 4) is 0 Å². The zero-order valence-electron chi connectivity index (χ0n) is 19.5. The molecule has 0 aliphatic carbocycles. The maximum atomic E-state index is 12.9. The predicted molar refractivity (Wildman–Crippen MR) is 131 cm³/mol. The second kappa shape index (κ2) is 9.44. The molecule has 4 rings (SSSR count). The fraction of sp³-hybridized carbons (Fsp3) is 0.417. The van der Waals surface area contributed by atoms with Crippen LogP contribution < -0.4 is 10.9 Å². The van der Waals surface area contributed by atoms with E-state index in [2.05, 4.69) is 10.3 Å². The molecule has 1 saturated heterocycles. The minimum Gasteiger partial charge on any atom is -0.339 e. The molecule has 174 valence electrons. The monoisotopic (exact) mass is 467 g/mol. The van der Waals surface area contributed by atoms with Gasteiger partial charge in [0.05, 0.1) is 18.3 Å². The van der Waals surface area contributed by atoms with E-state index in [0.717, 1.165) is 27.3 Å². The summed E-state index contributed by atoms with van der Waals surface area (Å²) in [7, 11) is 0. The summed E-state index contributed by atoms with van der Waals surface area (Å²) < 4.78 is 1.40. The van der Waals surface area contributed by atoms with Crippen molar-refractivity contribution in [2.24, 2.45) is 0 Å². The first-order valence-corrected chi connectivity index (χ1v) is 11.9. The topological polar surface area (TPSA) is 87.5 Å². The van der Waals surface area contributed by atoms with E-state index in [1.165, 1.54) is 22.2 Å². The largest absolute Gasteiger partial charge is 0.339 e. The second-order valence-electron chi connectivity index (χ2n) is 8.61. The van der Waals surface area contributed by atoms with Gasteiger partial charge in [-0.05, 0) is 44.4 Å². The van der Waals surface area contributed by atoms with Crippen molar-refractivity contribution in [2.75, 3.05) is 38.0 Å². The van der Waals surface area contributed by atoms with Crippen LogP contribution in [0.2, 0.25) is 0 Å². The van der Waals surface area contributed by atoms with E-state index < -0.39 is 0 Å². The van der Waals surface area contributed by atoms with Crippen LogP contribution >= 0.6 is 11.3 Å². The van der Waals surface area contributed by atoms with Crippen LogP contribution in [0.3, 0.4) is 0 Å². The summed E-state index contributed by atoms with van der Waals surface area (Å²) in [5.41, 5.74) is 3.70. The number of hydrogen-bond acceptors (Lipinski definition) is 6. The van der Waals surface area contributed by atoms with Gasteiger partial charge in [0.25, 0.3) is 5.56 Å². The molecule has 2 aromatic heterocycles. The Bertz CT molecular complexity index is 1250. The van der Waals surface area contributed by atoms with Crippen LogP contribution in [-0.2, 0) is 16.1 Å². The third-order valence-corrected chi connectivity index (χ3v) is 7.41. The van der Waals surface area contributed by atoms with E-state index in [0.29, 0.717) is 36.4 Å². The highest BCUT2D eigenvalue weighted by molar-refractivity contribution is 7.18. The minimum absolute atomic E-state index is 0.0246. The molecule has 33 heavy (non-hydrogen) atoms. The van der Waals surface area contributed by atoms with Gasteiger partial charge in [-0.2, -0.15) is 0 Å². The van der Waals surface area contributed by atoms with Crippen LogP contribution in [0.4, 0.5) is 5.69 Å². The molecule has 1 aliphatic rings. The SMILES string of the molecule is Cc1cccc(C)c1NC(=O)CN1CCN(C(=O)Cn2cnc3sc(C)c(C)c3c2=O)CC1. The molecule has 0 saturated carbocycles. The van der Waals surface area contributed by atoms with Crippen molar-refractivity contribution in [1.29, 1.82) is 0 Å². The molecular weight excluding hydrogens is 438 g/mol. The predicted octanol–water partition coefficient (Wildman–Crippen LogP) is 2.47. The van der Waals surface area contributed by atoms with Crippen molar-refractivity contribution < 1.29 is 9.59 Å². The maximum absolute atomic E-state index is 12.9. The van der Waals surface area contributed by atoms with Crippen LogP contribution in [-0.4, -0.2) is 63.9 Å². The van der Waals surface area contributed by atoms with Crippen LogP contribution in [0.1, 0.15) is 21.6 Å². The first-order valence-electron chi connectivity index (χ1n) is 11.1. The molecule has 0 bridgehead atoms. The highest BCUT2D eigenvalue weighted by Crippen LogP contribution is 2.25. The molecule has 2 amide bonds. The highest BCUT2D eigenvalue weighted by atomic mass is 32.1. The molecule has 0 unspecified atom stereocenters. The number of nitrogens with zero attached hydrogens (tertiary/aromatic N) is 4. The summed E-state index contributed by atoms with van der Waals surface area (Å²) in [4.78, 5) is 48.2. The van der Waals surface area contributed by atoms with Crippen molar-refractivity contribution in [3.05, 3.63) is 56.4 Å². The van der Waals surface area contributed by atoms with Crippen molar-refractivity contribution in [3.63, 3.8) is 0 Å². The Kier molecular flexibility index (Phi) is 6.62. The Hall–Kier alpha value is -3.04. The van der Waals surface area contributed by atoms with E-state index in [-0.39, 0.29) is 30.5 Å². The lowest BCUT2D eigenvalue weighted by Crippen LogP contribution is -2.51. The normalized spacial score (nSPS) is 14.6. The van der Waals surface area contributed by atoms with Gasteiger partial charge < -0.3 is 10.2 Å². The third kappa shape index (κ3) is 4.84. The van der Waals surface area contributed by atoms with Gasteiger partial charge in [-0.25, -0.2) is 4.98 Å². The highest BCUT2D eigenvalue weighted by Gasteiger charge is 2.23. The van der Waals surface area contributed by atoms with Gasteiger partial charge in [0.1, 0.15) is 11.4 Å². The number of piperazine rings is 1. The minimum atomic E-state index is -0.169. The number of thiophene rings is 1.